The van der Waals surface area contributed by atoms with Crippen LogP contribution in [-0.4, -0.2) is 35.2 Å². The van der Waals surface area contributed by atoms with Crippen molar-refractivity contribution in [1.82, 2.24) is 10.2 Å². The maximum atomic E-state index is 14.2. The lowest BCUT2D eigenvalue weighted by Gasteiger charge is -2.22. The van der Waals surface area contributed by atoms with E-state index in [1.807, 2.05) is 0 Å². The van der Waals surface area contributed by atoms with Crippen LogP contribution in [0.4, 0.5) is 25.0 Å². The van der Waals surface area contributed by atoms with Crippen molar-refractivity contribution in [1.29, 1.82) is 0 Å². The molecule has 3 N–H and O–H groups in total. The van der Waals surface area contributed by atoms with E-state index in [0.29, 0.717) is 16.3 Å². The van der Waals surface area contributed by atoms with E-state index in [2.05, 4.69) is 16.0 Å². The third kappa shape index (κ3) is 4.12. The van der Waals surface area contributed by atoms with E-state index < -0.39 is 41.6 Å². The summed E-state index contributed by atoms with van der Waals surface area (Å²) < 4.78 is 27.7. The maximum absolute atomic E-state index is 14.2. The molecule has 10 heteroatoms. The van der Waals surface area contributed by atoms with Crippen LogP contribution in [0.1, 0.15) is 19.4 Å². The van der Waals surface area contributed by atoms with Gasteiger partial charge in [0, 0.05) is 23.9 Å². The molecule has 8 nitrogen and oxygen atoms in total. The van der Waals surface area contributed by atoms with E-state index in [9.17, 15) is 28.0 Å². The molecule has 1 fully saturated rings. The number of carbonyl (C=O) groups is 4. The highest BCUT2D eigenvalue weighted by Crippen LogP contribution is 2.31. The summed E-state index contributed by atoms with van der Waals surface area (Å²) in [6.07, 6.45) is 0. The molecule has 1 heterocycles. The highest BCUT2D eigenvalue weighted by molar-refractivity contribution is 6.10. The zero-order valence-corrected chi connectivity index (χ0v) is 16.1. The Labute approximate surface area is 170 Å². The Hall–Kier alpha value is -3.82. The van der Waals surface area contributed by atoms with Gasteiger partial charge in [-0.1, -0.05) is 0 Å². The molecule has 5 amide bonds. The second-order valence-corrected chi connectivity index (χ2v) is 6.88. The SMILES string of the molecule is CC(=O)Nc1ccc(NC(=O)CN2C(=O)N[C@](C)(c3cc(F)ccc3F)C2=O)cc1. The lowest BCUT2D eigenvalue weighted by atomic mass is 9.91. The number of hydrogen-bond acceptors (Lipinski definition) is 4. The smallest absolute Gasteiger partial charge is 0.325 e. The summed E-state index contributed by atoms with van der Waals surface area (Å²) in [6, 6.07) is 7.86. The van der Waals surface area contributed by atoms with Crippen molar-refractivity contribution < 1.29 is 28.0 Å². The molecule has 0 aromatic heterocycles. The number of amides is 5. The largest absolute Gasteiger partial charge is 0.326 e. The lowest BCUT2D eigenvalue weighted by Crippen LogP contribution is -2.42. The topological polar surface area (TPSA) is 108 Å². The number of hydrogen-bond donors (Lipinski definition) is 3. The average Bonchev–Trinajstić information content (AvgIpc) is 2.89. The number of nitrogens with zero attached hydrogens (tertiary/aromatic N) is 1. The van der Waals surface area contributed by atoms with Crippen LogP contribution >= 0.6 is 0 Å². The fraction of sp³-hybridized carbons (Fsp3) is 0.200. The van der Waals surface area contributed by atoms with Gasteiger partial charge in [-0.15, -0.1) is 0 Å². The van der Waals surface area contributed by atoms with Gasteiger partial charge >= 0.3 is 6.03 Å². The Bertz CT molecular complexity index is 1040. The minimum absolute atomic E-state index is 0.247. The van der Waals surface area contributed by atoms with E-state index >= 15 is 0 Å². The molecule has 0 spiro atoms. The minimum Gasteiger partial charge on any atom is -0.326 e. The first-order valence-electron chi connectivity index (χ1n) is 8.87. The van der Waals surface area contributed by atoms with Crippen molar-refractivity contribution in [3.63, 3.8) is 0 Å². The summed E-state index contributed by atoms with van der Waals surface area (Å²) in [6.45, 7) is 1.98. The summed E-state index contributed by atoms with van der Waals surface area (Å²) in [7, 11) is 0. The number of imide groups is 1. The van der Waals surface area contributed by atoms with Crippen molar-refractivity contribution in [3.8, 4) is 0 Å². The number of urea groups is 1. The third-order valence-corrected chi connectivity index (χ3v) is 4.53. The molecule has 1 aliphatic rings. The molecule has 156 valence electrons. The minimum atomic E-state index is -1.84. The van der Waals surface area contributed by atoms with Gasteiger partial charge in [0.2, 0.25) is 11.8 Å². The average molecular weight is 416 g/mol. The number of benzene rings is 2. The maximum Gasteiger partial charge on any atom is 0.325 e. The lowest BCUT2D eigenvalue weighted by molar-refractivity contribution is -0.133. The van der Waals surface area contributed by atoms with Gasteiger partial charge in [0.1, 0.15) is 23.7 Å². The fourth-order valence-corrected chi connectivity index (χ4v) is 3.09. The Balaban J connectivity index is 1.71. The number of rotatable bonds is 5. The van der Waals surface area contributed by atoms with Crippen LogP contribution in [-0.2, 0) is 19.9 Å². The summed E-state index contributed by atoms with van der Waals surface area (Å²) in [5, 5.41) is 7.41. The molecule has 3 rings (SSSR count). The van der Waals surface area contributed by atoms with Crippen LogP contribution in [0, 0.1) is 11.6 Å². The van der Waals surface area contributed by atoms with Gasteiger partial charge in [0.15, 0.2) is 0 Å². The molecule has 1 saturated heterocycles. The summed E-state index contributed by atoms with van der Waals surface area (Å²) in [4.78, 5) is 49.0. The van der Waals surface area contributed by atoms with Gasteiger partial charge < -0.3 is 16.0 Å². The monoisotopic (exact) mass is 416 g/mol. The van der Waals surface area contributed by atoms with E-state index in [-0.39, 0.29) is 11.5 Å². The molecule has 1 atom stereocenters. The molecule has 0 aliphatic carbocycles. The van der Waals surface area contributed by atoms with Crippen LogP contribution in [0.15, 0.2) is 42.5 Å². The normalized spacial score (nSPS) is 18.2. The van der Waals surface area contributed by atoms with Crippen LogP contribution in [0.3, 0.4) is 0 Å². The first-order valence-corrected chi connectivity index (χ1v) is 8.87. The first kappa shape index (κ1) is 20.9. The number of halogens is 2. The Morgan fingerprint density at radius 3 is 2.23 bits per heavy atom. The first-order chi connectivity index (χ1) is 14.1. The molecule has 1 aliphatic heterocycles. The van der Waals surface area contributed by atoms with Crippen molar-refractivity contribution in [2.75, 3.05) is 17.2 Å². The molecule has 0 bridgehead atoms. The second kappa shape index (κ2) is 7.90. The standard InChI is InChI=1S/C20H18F2N4O4/c1-11(27)23-13-4-6-14(7-5-13)24-17(28)10-26-18(29)20(2,25-19(26)30)15-9-12(21)3-8-16(15)22/h3-9H,10H2,1-2H3,(H,23,27)(H,24,28)(H,25,30)/t20-/m1/s1. The molecule has 2 aromatic rings. The van der Waals surface area contributed by atoms with Gasteiger partial charge in [-0.2, -0.15) is 0 Å². The van der Waals surface area contributed by atoms with E-state index in [1.165, 1.54) is 26.0 Å². The fourth-order valence-electron chi connectivity index (χ4n) is 3.09. The van der Waals surface area contributed by atoms with Crippen LogP contribution in [0.2, 0.25) is 0 Å². The van der Waals surface area contributed by atoms with Crippen LogP contribution < -0.4 is 16.0 Å². The second-order valence-electron chi connectivity index (χ2n) is 6.88. The van der Waals surface area contributed by atoms with Gasteiger partial charge in [0.25, 0.3) is 5.91 Å². The third-order valence-electron chi connectivity index (χ3n) is 4.53. The summed E-state index contributed by atoms with van der Waals surface area (Å²) in [5.74, 6) is -3.43. The Morgan fingerprint density at radius 2 is 1.63 bits per heavy atom. The highest BCUT2D eigenvalue weighted by atomic mass is 19.1. The molecular weight excluding hydrogens is 398 g/mol. The number of nitrogens with one attached hydrogen (secondary N) is 3. The van der Waals surface area contributed by atoms with E-state index in [1.54, 1.807) is 12.1 Å². The van der Waals surface area contributed by atoms with E-state index in [0.717, 1.165) is 18.2 Å². The van der Waals surface area contributed by atoms with Crippen molar-refractivity contribution in [2.45, 2.75) is 19.4 Å². The molecule has 0 saturated carbocycles. The van der Waals surface area contributed by atoms with E-state index in [4.69, 9.17) is 0 Å². The van der Waals surface area contributed by atoms with Gasteiger partial charge in [-0.05, 0) is 49.4 Å². The summed E-state index contributed by atoms with van der Waals surface area (Å²) >= 11 is 0. The Morgan fingerprint density at radius 1 is 1.03 bits per heavy atom. The van der Waals surface area contributed by atoms with Gasteiger partial charge in [-0.3, -0.25) is 19.3 Å². The highest BCUT2D eigenvalue weighted by Gasteiger charge is 2.50. The summed E-state index contributed by atoms with van der Waals surface area (Å²) in [5.41, 5.74) is -1.27. The zero-order chi connectivity index (χ0) is 22.1. The quantitative estimate of drug-likeness (QED) is 0.650. The Kier molecular flexibility index (Phi) is 5.50. The van der Waals surface area contributed by atoms with Gasteiger partial charge in [0.05, 0.1) is 0 Å². The molecule has 0 radical (unpaired) electrons. The molecule has 2 aromatic carbocycles. The number of carbonyl (C=O) groups excluding carboxylic acids is 4. The predicted octanol–water partition coefficient (Wildman–Crippen LogP) is 2.33. The molecule has 30 heavy (non-hydrogen) atoms. The number of anilines is 2. The van der Waals surface area contributed by atoms with Crippen molar-refractivity contribution in [3.05, 3.63) is 59.7 Å². The molecular formula is C20H18F2N4O4. The van der Waals surface area contributed by atoms with Crippen LogP contribution in [0.25, 0.3) is 0 Å². The molecule has 0 unspecified atom stereocenters. The zero-order valence-electron chi connectivity index (χ0n) is 16.1. The van der Waals surface area contributed by atoms with Crippen molar-refractivity contribution in [2.24, 2.45) is 0 Å². The predicted molar refractivity (Wildman–Crippen MR) is 103 cm³/mol. The van der Waals surface area contributed by atoms with Crippen LogP contribution in [0.5, 0.6) is 0 Å². The van der Waals surface area contributed by atoms with Crippen molar-refractivity contribution >= 4 is 35.1 Å². The van der Waals surface area contributed by atoms with Gasteiger partial charge in [-0.25, -0.2) is 13.6 Å².